The molecule has 4 heterocycles. The third-order valence-corrected chi connectivity index (χ3v) is 18.0. The van der Waals surface area contributed by atoms with Crippen molar-refractivity contribution in [2.45, 2.75) is 97.9 Å². The molecule has 0 bridgehead atoms. The molecule has 25 nitrogen and oxygen atoms in total. The van der Waals surface area contributed by atoms with Crippen molar-refractivity contribution in [1.82, 2.24) is 20.7 Å². The molecule has 7 N–H and O–H groups in total. The monoisotopic (exact) mass is 1290 g/mol. The quantitative estimate of drug-likeness (QED) is 0.0160. The number of imide groups is 4. The fourth-order valence-corrected chi connectivity index (χ4v) is 12.9. The number of ether oxygens (including phenoxy) is 2. The molecule has 4 aliphatic heterocycles. The fourth-order valence-electron chi connectivity index (χ4n) is 12.9. The summed E-state index contributed by atoms with van der Waals surface area (Å²) in [7, 11) is 9.67. The minimum absolute atomic E-state index is 0.0708. The van der Waals surface area contributed by atoms with Crippen LogP contribution in [0.1, 0.15) is 186 Å². The number of hydrogen-bond acceptors (Lipinski definition) is 16. The lowest BCUT2D eigenvalue weighted by molar-refractivity contribution is -0.490. The summed E-state index contributed by atoms with van der Waals surface area (Å²) in [6.45, 7) is 8.67. The minimum atomic E-state index is -1.14. The van der Waals surface area contributed by atoms with Crippen molar-refractivity contribution in [2.75, 3.05) is 75.1 Å². The van der Waals surface area contributed by atoms with Crippen molar-refractivity contribution < 1.29 is 62.4 Å². The van der Waals surface area contributed by atoms with Crippen molar-refractivity contribution in [3.05, 3.63) is 128 Å². The number of benzene rings is 6. The Morgan fingerprint density at radius 2 is 0.916 bits per heavy atom. The molecule has 4 aliphatic rings. The zero-order valence-electron chi connectivity index (χ0n) is 54.9. The molecular weight excluding hydrogens is 1210 g/mol. The van der Waals surface area contributed by atoms with Crippen LogP contribution >= 0.6 is 0 Å². The van der Waals surface area contributed by atoms with E-state index in [4.69, 9.17) is 20.9 Å². The Morgan fingerprint density at radius 1 is 0.526 bits per heavy atom. The third kappa shape index (κ3) is 12.4. The highest BCUT2D eigenvalue weighted by Crippen LogP contribution is 2.49. The minimum Gasteiger partial charge on any atom is -0.496 e. The van der Waals surface area contributed by atoms with E-state index < -0.39 is 65.1 Å². The molecule has 6 aromatic rings. The second-order valence-electron chi connectivity index (χ2n) is 24.5. The van der Waals surface area contributed by atoms with Crippen molar-refractivity contribution >= 4 is 122 Å². The molecule has 0 radical (unpaired) electrons. The van der Waals surface area contributed by atoms with Crippen molar-refractivity contribution in [2.24, 2.45) is 33.5 Å². The van der Waals surface area contributed by atoms with Gasteiger partial charge in [0.1, 0.15) is 11.5 Å². The van der Waals surface area contributed by atoms with E-state index in [1.54, 1.807) is 74.4 Å². The zero-order valence-corrected chi connectivity index (χ0v) is 54.9. The van der Waals surface area contributed by atoms with E-state index in [-0.39, 0.29) is 133 Å². The number of nitrogens with zero attached hydrogens (tertiary/aromatic N) is 8. The molecule has 6 aromatic carbocycles. The van der Waals surface area contributed by atoms with E-state index >= 15 is 0 Å². The molecule has 95 heavy (non-hydrogen) atoms. The van der Waals surface area contributed by atoms with Gasteiger partial charge in [-0.05, 0) is 90.8 Å². The molecule has 3 atom stereocenters. The average molecular weight is 1290 g/mol. The zero-order chi connectivity index (χ0) is 68.4. The Hall–Kier alpha value is -10.9. The normalized spacial score (nSPS) is 15.2. The van der Waals surface area contributed by atoms with Gasteiger partial charge >= 0.3 is 5.96 Å². The Balaban J connectivity index is 0.782. The summed E-state index contributed by atoms with van der Waals surface area (Å²) in [5.74, 6) is -6.08. The average Bonchev–Trinajstić information content (AvgIpc) is 0.704. The maximum Gasteiger partial charge on any atom is 0.339 e. The highest BCUT2D eigenvalue weighted by molar-refractivity contribution is 6.43. The number of rotatable bonds is 27. The van der Waals surface area contributed by atoms with Crippen molar-refractivity contribution in [3.63, 3.8) is 0 Å². The molecule has 10 amide bonds. The predicted molar refractivity (Wildman–Crippen MR) is 361 cm³/mol. The van der Waals surface area contributed by atoms with Crippen LogP contribution in [0.3, 0.4) is 0 Å². The Labute approximate surface area is 549 Å². The van der Waals surface area contributed by atoms with Crippen molar-refractivity contribution in [3.8, 4) is 11.5 Å². The van der Waals surface area contributed by atoms with Crippen LogP contribution in [0, 0.1) is 11.8 Å². The van der Waals surface area contributed by atoms with E-state index in [9.17, 15) is 47.9 Å². The van der Waals surface area contributed by atoms with Gasteiger partial charge in [-0.1, -0.05) is 90.5 Å². The highest BCUT2D eigenvalue weighted by atomic mass is 16.5. The number of nitrogens with two attached hydrogens (primary N) is 2. The summed E-state index contributed by atoms with van der Waals surface area (Å²) in [6, 6.07) is 17.4. The first-order valence-corrected chi connectivity index (χ1v) is 31.8. The van der Waals surface area contributed by atoms with Gasteiger partial charge in [0.25, 0.3) is 53.2 Å². The molecule has 25 heteroatoms. The lowest BCUT2D eigenvalue weighted by Gasteiger charge is -2.35. The second kappa shape index (κ2) is 27.8. The van der Waals surface area contributed by atoms with E-state index in [0.29, 0.717) is 22.5 Å². The van der Waals surface area contributed by atoms with Crippen LogP contribution in [-0.2, 0) is 9.59 Å². The number of unbranched alkanes of at least 4 members (excludes halogenated alkanes) is 2. The number of carbonyl (C=O) groups is 10. The Morgan fingerprint density at radius 3 is 1.28 bits per heavy atom. The van der Waals surface area contributed by atoms with Crippen LogP contribution in [0.5, 0.6) is 11.5 Å². The number of hydrogen-bond donors (Lipinski definition) is 5. The Bertz CT molecular complexity index is 4290. The highest BCUT2D eigenvalue weighted by Gasteiger charge is 2.47. The van der Waals surface area contributed by atoms with Crippen LogP contribution in [0.25, 0.3) is 21.5 Å². The maximum absolute atomic E-state index is 14.7. The van der Waals surface area contributed by atoms with E-state index in [2.05, 4.69) is 39.9 Å². The molecule has 0 aromatic heterocycles. The summed E-state index contributed by atoms with van der Waals surface area (Å²) in [6.07, 6.45) is 9.37. The van der Waals surface area contributed by atoms with Crippen LogP contribution < -0.4 is 56.4 Å². The van der Waals surface area contributed by atoms with Gasteiger partial charge in [-0.15, -0.1) is 0 Å². The fraction of sp³-hybridized carbons (Fsp3) is 0.357. The van der Waals surface area contributed by atoms with Crippen LogP contribution in [0.2, 0.25) is 0 Å². The Kier molecular flexibility index (Phi) is 19.6. The molecule has 494 valence electrons. The van der Waals surface area contributed by atoms with Gasteiger partial charge in [0.2, 0.25) is 5.91 Å². The summed E-state index contributed by atoms with van der Waals surface area (Å²) >= 11 is 0. The summed E-state index contributed by atoms with van der Waals surface area (Å²) < 4.78 is 11.5. The number of anilines is 4. The number of guanidine groups is 1. The molecule has 0 aliphatic carbocycles. The van der Waals surface area contributed by atoms with Gasteiger partial charge in [-0.2, -0.15) is 10.2 Å². The first-order valence-electron chi connectivity index (χ1n) is 31.8. The van der Waals surface area contributed by atoms with Crippen LogP contribution in [0.15, 0.2) is 83.0 Å². The molecular formula is C70H78N13O12+. The molecule has 0 spiro atoms. The van der Waals surface area contributed by atoms with Crippen LogP contribution in [-0.4, -0.2) is 149 Å². The standard InChI is InChI=1S/C70H77N13O12/c1-11-15-17-37(13-3)35-80-62(86)43-29-48(78(5)6)57-53-45(31-50(94-9)59(55(43)53)66(80)90)64(88)82(68(57)92)41-23-19-39(20-24-41)33-73-76-52(84)28-27-47(75-70(71)72)61(85)77-74-34-40-21-25-42(26-22-40)83-65(89)46-32-51(95-10)60-56-44(30-49(79(7)8)58(54(46)56)69(83)93)63(87)81(67(60)91)36-38(14-4)18-16-12-2/h19-26,29-34,37-38,47H,11-18,27-28,35-36H2,1-10H3,(H,76,84)(H,77,85)(H4,71,72,75)/p+1/b73-33-,74-34-/t37?,38?,47-/m0/s1. The number of carbonyl (C=O) groups excluding carboxylic acids is 10. The van der Waals surface area contributed by atoms with E-state index in [1.807, 2.05) is 13.8 Å². The third-order valence-electron chi connectivity index (χ3n) is 18.0. The smallest absolute Gasteiger partial charge is 0.339 e. The topological polar surface area (TPSA) is 323 Å². The number of methoxy groups -OCH3 is 2. The van der Waals surface area contributed by atoms with Gasteiger partial charge in [0, 0.05) is 69.2 Å². The lowest BCUT2D eigenvalue weighted by atomic mass is 9.83. The molecule has 0 saturated carbocycles. The second-order valence-corrected chi connectivity index (χ2v) is 24.5. The van der Waals surface area contributed by atoms with Crippen LogP contribution in [0.4, 0.5) is 22.7 Å². The van der Waals surface area contributed by atoms with Gasteiger partial charge in [-0.25, -0.2) is 20.7 Å². The van der Waals surface area contributed by atoms with Gasteiger partial charge in [0.15, 0.2) is 6.04 Å². The van der Waals surface area contributed by atoms with E-state index in [1.165, 1.54) is 72.8 Å². The molecule has 2 unspecified atom stereocenters. The molecule has 0 saturated heterocycles. The molecule has 0 fully saturated rings. The maximum atomic E-state index is 14.7. The van der Waals surface area contributed by atoms with Crippen molar-refractivity contribution in [1.29, 1.82) is 0 Å². The summed E-state index contributed by atoms with van der Waals surface area (Å²) in [5.41, 5.74) is 19.4. The largest absolute Gasteiger partial charge is 0.496 e. The summed E-state index contributed by atoms with van der Waals surface area (Å²) in [5, 5.41) is 8.93. The first-order chi connectivity index (χ1) is 45.5. The summed E-state index contributed by atoms with van der Waals surface area (Å²) in [4.78, 5) is 153. The van der Waals surface area contributed by atoms with E-state index in [0.717, 1.165) is 61.2 Å². The predicted octanol–water partition coefficient (Wildman–Crippen LogP) is 6.47. The van der Waals surface area contributed by atoms with Gasteiger partial charge in [0.05, 0.1) is 93.9 Å². The van der Waals surface area contributed by atoms with Gasteiger partial charge < -0.3 is 19.3 Å². The SMILES string of the molecule is CCCCC(CC)CN1C(=O)c2cc(N(C)C)c3c4c(cc(OC)c(c24)C1=O)C(=O)N(c1ccc(/C=N\NC(=O)CC[C@H]([NH+]=C(N)N)C(=O)N/N=C\c2ccc(N4C(=O)c5cc(OC)c6c7c(cc(N(C)C)c(c57)C4=O)C(=O)N(CC(CC)CCCC)C6=O)cc2)cc1)C3=O. The number of nitrogens with one attached hydrogen (secondary N) is 3. The lowest BCUT2D eigenvalue weighted by Crippen LogP contribution is -2.86. The van der Waals surface area contributed by atoms with Gasteiger partial charge in [-0.3, -0.25) is 74.2 Å². The first kappa shape index (κ1) is 67.1. The number of hydrazone groups is 2. The number of amides is 10. The molecule has 10 rings (SSSR count).